The SMILES string of the molecule is COc1ccc(-n2ccc(C(=O)NCCc3ccc(OC)c(OC(F)F)c3)n2)cc1. The summed E-state index contributed by atoms with van der Waals surface area (Å²) >= 11 is 0. The number of amides is 1. The summed E-state index contributed by atoms with van der Waals surface area (Å²) in [5, 5.41) is 7.04. The fraction of sp³-hybridized carbons (Fsp3) is 0.238. The highest BCUT2D eigenvalue weighted by Gasteiger charge is 2.13. The summed E-state index contributed by atoms with van der Waals surface area (Å²) in [6.45, 7) is -2.65. The second kappa shape index (κ2) is 9.73. The van der Waals surface area contributed by atoms with Gasteiger partial charge in [0.15, 0.2) is 17.2 Å². The van der Waals surface area contributed by atoms with Gasteiger partial charge in [0.05, 0.1) is 19.9 Å². The van der Waals surface area contributed by atoms with Crippen LogP contribution >= 0.6 is 0 Å². The Labute approximate surface area is 172 Å². The zero-order valence-electron chi connectivity index (χ0n) is 16.5. The normalized spacial score (nSPS) is 10.7. The van der Waals surface area contributed by atoms with Crippen LogP contribution in [0.25, 0.3) is 5.69 Å². The number of carbonyl (C=O) groups excluding carboxylic acids is 1. The number of benzene rings is 2. The number of alkyl halides is 2. The van der Waals surface area contributed by atoms with E-state index in [1.165, 1.54) is 13.2 Å². The van der Waals surface area contributed by atoms with Gasteiger partial charge in [-0.25, -0.2) is 4.68 Å². The Morgan fingerprint density at radius 2 is 1.83 bits per heavy atom. The number of hydrogen-bond donors (Lipinski definition) is 1. The third-order valence-electron chi connectivity index (χ3n) is 4.30. The van der Waals surface area contributed by atoms with Crippen molar-refractivity contribution in [3.63, 3.8) is 0 Å². The van der Waals surface area contributed by atoms with Gasteiger partial charge >= 0.3 is 6.61 Å². The maximum atomic E-state index is 12.5. The van der Waals surface area contributed by atoms with Crippen molar-refractivity contribution in [2.24, 2.45) is 0 Å². The van der Waals surface area contributed by atoms with E-state index in [0.29, 0.717) is 13.0 Å². The maximum Gasteiger partial charge on any atom is 0.387 e. The molecule has 9 heteroatoms. The Morgan fingerprint density at radius 3 is 2.50 bits per heavy atom. The van der Waals surface area contributed by atoms with Crippen LogP contribution in [0.5, 0.6) is 17.2 Å². The quantitative estimate of drug-likeness (QED) is 0.577. The van der Waals surface area contributed by atoms with E-state index >= 15 is 0 Å². The molecule has 0 radical (unpaired) electrons. The van der Waals surface area contributed by atoms with E-state index in [4.69, 9.17) is 9.47 Å². The molecule has 0 atom stereocenters. The van der Waals surface area contributed by atoms with Gasteiger partial charge in [0.2, 0.25) is 0 Å². The van der Waals surface area contributed by atoms with Gasteiger partial charge in [-0.05, 0) is 54.4 Å². The first-order valence-electron chi connectivity index (χ1n) is 9.10. The van der Waals surface area contributed by atoms with Crippen LogP contribution in [0.4, 0.5) is 8.78 Å². The van der Waals surface area contributed by atoms with Crippen molar-refractivity contribution in [1.29, 1.82) is 0 Å². The number of ether oxygens (including phenoxy) is 3. The van der Waals surface area contributed by atoms with Crippen molar-refractivity contribution >= 4 is 5.91 Å². The Morgan fingerprint density at radius 1 is 1.07 bits per heavy atom. The lowest BCUT2D eigenvalue weighted by molar-refractivity contribution is -0.0512. The molecule has 0 aliphatic carbocycles. The monoisotopic (exact) mass is 417 g/mol. The summed E-state index contributed by atoms with van der Waals surface area (Å²) in [6.07, 6.45) is 2.11. The summed E-state index contributed by atoms with van der Waals surface area (Å²) < 4.78 is 41.2. The summed E-state index contributed by atoms with van der Waals surface area (Å²) in [5.74, 6) is 0.561. The van der Waals surface area contributed by atoms with Crippen molar-refractivity contribution in [1.82, 2.24) is 15.1 Å². The lowest BCUT2D eigenvalue weighted by Crippen LogP contribution is -2.26. The third kappa shape index (κ3) is 5.25. The van der Waals surface area contributed by atoms with Crippen LogP contribution < -0.4 is 19.5 Å². The Kier molecular flexibility index (Phi) is 6.84. The molecule has 7 nitrogen and oxygen atoms in total. The topological polar surface area (TPSA) is 74.6 Å². The zero-order chi connectivity index (χ0) is 21.5. The lowest BCUT2D eigenvalue weighted by Gasteiger charge is -2.11. The van der Waals surface area contributed by atoms with Crippen LogP contribution in [0.2, 0.25) is 0 Å². The number of nitrogens with one attached hydrogen (secondary N) is 1. The molecule has 0 unspecified atom stereocenters. The van der Waals surface area contributed by atoms with E-state index in [2.05, 4.69) is 15.2 Å². The summed E-state index contributed by atoms with van der Waals surface area (Å²) in [5.41, 5.74) is 1.78. The second-order valence-corrected chi connectivity index (χ2v) is 6.21. The van der Waals surface area contributed by atoms with Gasteiger partial charge in [-0.2, -0.15) is 13.9 Å². The molecule has 0 saturated carbocycles. The summed E-state index contributed by atoms with van der Waals surface area (Å²) in [6, 6.07) is 13.6. The number of hydrogen-bond acceptors (Lipinski definition) is 5. The van der Waals surface area contributed by atoms with E-state index in [-0.39, 0.29) is 23.1 Å². The van der Waals surface area contributed by atoms with Gasteiger partial charge in [0.25, 0.3) is 5.91 Å². The largest absolute Gasteiger partial charge is 0.497 e. The highest BCUT2D eigenvalue weighted by molar-refractivity contribution is 5.92. The number of carbonyl (C=O) groups is 1. The number of halogens is 2. The van der Waals surface area contributed by atoms with Crippen LogP contribution in [-0.2, 0) is 6.42 Å². The van der Waals surface area contributed by atoms with Crippen LogP contribution in [-0.4, -0.2) is 43.1 Å². The molecular weight excluding hydrogens is 396 g/mol. The van der Waals surface area contributed by atoms with Gasteiger partial charge in [-0.15, -0.1) is 0 Å². The highest BCUT2D eigenvalue weighted by Crippen LogP contribution is 2.29. The number of rotatable bonds is 9. The van der Waals surface area contributed by atoms with Gasteiger partial charge in [0, 0.05) is 12.7 Å². The number of aromatic nitrogens is 2. The molecule has 1 aromatic heterocycles. The predicted octanol–water partition coefficient (Wildman–Crippen LogP) is 3.46. The predicted molar refractivity (Wildman–Crippen MR) is 106 cm³/mol. The number of methoxy groups -OCH3 is 2. The van der Waals surface area contributed by atoms with Gasteiger partial charge < -0.3 is 19.5 Å². The standard InChI is InChI=1S/C21H21F2N3O4/c1-28-16-6-4-15(5-7-16)26-12-10-17(25-26)20(27)24-11-9-14-3-8-18(29-2)19(13-14)30-21(22)23/h3-8,10,12-13,21H,9,11H2,1-2H3,(H,24,27). The molecule has 2 aromatic carbocycles. The average molecular weight is 417 g/mol. The van der Waals surface area contributed by atoms with E-state index in [1.54, 1.807) is 48.3 Å². The first kappa shape index (κ1) is 21.1. The molecule has 3 aromatic rings. The highest BCUT2D eigenvalue weighted by atomic mass is 19.3. The molecule has 1 N–H and O–H groups in total. The zero-order valence-corrected chi connectivity index (χ0v) is 16.5. The van der Waals surface area contributed by atoms with Crippen LogP contribution in [0.1, 0.15) is 16.1 Å². The Bertz CT molecular complexity index is 990. The van der Waals surface area contributed by atoms with Gasteiger partial charge in [-0.1, -0.05) is 6.07 Å². The van der Waals surface area contributed by atoms with Crippen molar-refractivity contribution in [2.45, 2.75) is 13.0 Å². The maximum absolute atomic E-state index is 12.5. The van der Waals surface area contributed by atoms with Crippen LogP contribution in [0.15, 0.2) is 54.7 Å². The first-order chi connectivity index (χ1) is 14.5. The molecule has 0 aliphatic heterocycles. The second-order valence-electron chi connectivity index (χ2n) is 6.21. The van der Waals surface area contributed by atoms with Crippen molar-refractivity contribution in [2.75, 3.05) is 20.8 Å². The Balaban J connectivity index is 1.58. The molecule has 158 valence electrons. The minimum absolute atomic E-state index is 0.0467. The molecule has 0 saturated heterocycles. The molecule has 30 heavy (non-hydrogen) atoms. The fourth-order valence-corrected chi connectivity index (χ4v) is 2.80. The van der Waals surface area contributed by atoms with Crippen LogP contribution in [0, 0.1) is 0 Å². The molecule has 0 spiro atoms. The molecule has 1 heterocycles. The molecular formula is C21H21F2N3O4. The molecule has 1 amide bonds. The molecule has 0 aliphatic rings. The lowest BCUT2D eigenvalue weighted by atomic mass is 10.1. The Hall–Kier alpha value is -3.62. The first-order valence-corrected chi connectivity index (χ1v) is 9.10. The molecule has 3 rings (SSSR count). The minimum Gasteiger partial charge on any atom is -0.497 e. The minimum atomic E-state index is -2.95. The summed E-state index contributed by atoms with van der Waals surface area (Å²) in [7, 11) is 2.96. The number of nitrogens with zero attached hydrogens (tertiary/aromatic N) is 2. The van der Waals surface area contributed by atoms with Crippen molar-refractivity contribution < 1.29 is 27.8 Å². The van der Waals surface area contributed by atoms with E-state index in [1.807, 2.05) is 12.1 Å². The third-order valence-corrected chi connectivity index (χ3v) is 4.30. The fourth-order valence-electron chi connectivity index (χ4n) is 2.80. The average Bonchev–Trinajstić information content (AvgIpc) is 3.24. The summed E-state index contributed by atoms with van der Waals surface area (Å²) in [4.78, 5) is 12.3. The van der Waals surface area contributed by atoms with E-state index in [9.17, 15) is 13.6 Å². The van der Waals surface area contributed by atoms with Gasteiger partial charge in [0.1, 0.15) is 5.75 Å². The van der Waals surface area contributed by atoms with Gasteiger partial charge in [-0.3, -0.25) is 4.79 Å². The molecule has 0 bridgehead atoms. The van der Waals surface area contributed by atoms with Crippen molar-refractivity contribution in [3.05, 3.63) is 66.0 Å². The van der Waals surface area contributed by atoms with E-state index in [0.717, 1.165) is 17.0 Å². The van der Waals surface area contributed by atoms with E-state index < -0.39 is 6.61 Å². The van der Waals surface area contributed by atoms with Crippen LogP contribution in [0.3, 0.4) is 0 Å². The smallest absolute Gasteiger partial charge is 0.387 e. The molecule has 0 fully saturated rings. The van der Waals surface area contributed by atoms with Crippen molar-refractivity contribution in [3.8, 4) is 22.9 Å².